The van der Waals surface area contributed by atoms with Gasteiger partial charge in [0.05, 0.1) is 23.2 Å². The molecule has 0 fully saturated rings. The van der Waals surface area contributed by atoms with Gasteiger partial charge in [-0.1, -0.05) is 43.1 Å². The van der Waals surface area contributed by atoms with E-state index in [1.807, 2.05) is 0 Å². The monoisotopic (exact) mass is 498 g/mol. The molecule has 1 amide bonds. The van der Waals surface area contributed by atoms with Gasteiger partial charge in [0.1, 0.15) is 11.6 Å². The summed E-state index contributed by atoms with van der Waals surface area (Å²) in [6.45, 7) is 4.07. The van der Waals surface area contributed by atoms with Crippen molar-refractivity contribution >= 4 is 45.0 Å². The third-order valence-electron chi connectivity index (χ3n) is 4.85. The first kappa shape index (κ1) is 24.2. The number of carbonyl (C=O) groups is 1. The minimum atomic E-state index is -3.85. The van der Waals surface area contributed by atoms with Crippen LogP contribution in [0.2, 0.25) is 10.0 Å². The van der Waals surface area contributed by atoms with Gasteiger partial charge >= 0.3 is 0 Å². The zero-order chi connectivity index (χ0) is 23.5. The largest absolute Gasteiger partial charge is 0.307 e. The first-order valence-corrected chi connectivity index (χ1v) is 11.9. The van der Waals surface area contributed by atoms with Gasteiger partial charge in [0, 0.05) is 34.8 Å². The van der Waals surface area contributed by atoms with E-state index in [4.69, 9.17) is 23.2 Å². The number of nitrogens with zero attached hydrogens (tertiary/aromatic N) is 3. The Kier molecular flexibility index (Phi) is 7.55. The molecule has 0 unspecified atom stereocenters. The van der Waals surface area contributed by atoms with Gasteiger partial charge in [0.25, 0.3) is 5.91 Å². The second kappa shape index (κ2) is 9.99. The molecule has 0 radical (unpaired) electrons. The number of hydrogen-bond acceptors (Lipinski definition) is 4. The van der Waals surface area contributed by atoms with Crippen LogP contribution in [0.15, 0.2) is 53.6 Å². The van der Waals surface area contributed by atoms with Crippen molar-refractivity contribution < 1.29 is 17.6 Å². The van der Waals surface area contributed by atoms with Crippen molar-refractivity contribution in [2.45, 2.75) is 25.3 Å². The van der Waals surface area contributed by atoms with Crippen molar-refractivity contribution in [1.82, 2.24) is 14.1 Å². The van der Waals surface area contributed by atoms with E-state index < -0.39 is 27.3 Å². The highest BCUT2D eigenvalue weighted by atomic mass is 35.5. The summed E-state index contributed by atoms with van der Waals surface area (Å²) in [6, 6.07) is 9.74. The number of sulfonamides is 1. The van der Waals surface area contributed by atoms with E-state index in [1.165, 1.54) is 21.3 Å². The number of hydrogen-bond donors (Lipinski definition) is 1. The summed E-state index contributed by atoms with van der Waals surface area (Å²) in [5.41, 5.74) is 0.204. The minimum absolute atomic E-state index is 0.163. The molecular weight excluding hydrogens is 478 g/mol. The second-order valence-electron chi connectivity index (χ2n) is 6.76. The van der Waals surface area contributed by atoms with Crippen molar-refractivity contribution in [1.29, 1.82) is 0 Å². The average molecular weight is 499 g/mol. The van der Waals surface area contributed by atoms with Gasteiger partial charge in [-0.25, -0.2) is 17.5 Å². The van der Waals surface area contributed by atoms with Crippen LogP contribution in [0, 0.1) is 5.82 Å². The molecule has 2 aromatic carbocycles. The number of benzene rings is 2. The Hall–Kier alpha value is -2.46. The number of anilines is 1. The lowest BCUT2D eigenvalue weighted by atomic mass is 10.2. The van der Waals surface area contributed by atoms with Crippen LogP contribution in [0.4, 0.5) is 10.2 Å². The third kappa shape index (κ3) is 4.96. The van der Waals surface area contributed by atoms with Crippen LogP contribution >= 0.6 is 23.2 Å². The van der Waals surface area contributed by atoms with Crippen molar-refractivity contribution in [3.63, 3.8) is 0 Å². The summed E-state index contributed by atoms with van der Waals surface area (Å²) in [4.78, 5) is 12.6. The average Bonchev–Trinajstić information content (AvgIpc) is 3.18. The van der Waals surface area contributed by atoms with Crippen LogP contribution in [0.5, 0.6) is 0 Å². The van der Waals surface area contributed by atoms with Crippen molar-refractivity contribution in [2.24, 2.45) is 0 Å². The van der Waals surface area contributed by atoms with E-state index in [9.17, 15) is 17.6 Å². The molecule has 1 N–H and O–H groups in total. The summed E-state index contributed by atoms with van der Waals surface area (Å²) < 4.78 is 42.6. The lowest BCUT2D eigenvalue weighted by molar-refractivity contribution is 0.102. The number of rotatable bonds is 8. The SMILES string of the molecule is CCN(CC)S(=O)(=O)c1ccc(F)c(C(=O)Nc2ccnn2Cc2c(Cl)cccc2Cl)c1. The molecule has 1 heterocycles. The Balaban J connectivity index is 1.89. The maximum Gasteiger partial charge on any atom is 0.259 e. The molecule has 0 aliphatic rings. The Morgan fingerprint density at radius 1 is 1.12 bits per heavy atom. The fraction of sp³-hybridized carbons (Fsp3) is 0.238. The second-order valence-corrected chi connectivity index (χ2v) is 9.51. The molecule has 1 aromatic heterocycles. The van der Waals surface area contributed by atoms with Crippen LogP contribution in [-0.2, 0) is 16.6 Å². The van der Waals surface area contributed by atoms with Crippen LogP contribution in [0.1, 0.15) is 29.8 Å². The number of aromatic nitrogens is 2. The highest BCUT2D eigenvalue weighted by molar-refractivity contribution is 7.89. The lowest BCUT2D eigenvalue weighted by Crippen LogP contribution is -2.31. The molecule has 3 rings (SSSR count). The summed E-state index contributed by atoms with van der Waals surface area (Å²) in [6.07, 6.45) is 1.46. The van der Waals surface area contributed by atoms with Gasteiger partial charge in [-0.15, -0.1) is 0 Å². The smallest absolute Gasteiger partial charge is 0.259 e. The quantitative estimate of drug-likeness (QED) is 0.489. The Morgan fingerprint density at radius 3 is 2.41 bits per heavy atom. The maximum absolute atomic E-state index is 14.4. The predicted molar refractivity (Wildman–Crippen MR) is 122 cm³/mol. The Morgan fingerprint density at radius 2 is 1.78 bits per heavy atom. The summed E-state index contributed by atoms with van der Waals surface area (Å²) >= 11 is 12.4. The molecule has 0 aliphatic carbocycles. The zero-order valence-electron chi connectivity index (χ0n) is 17.3. The van der Waals surface area contributed by atoms with Gasteiger partial charge in [0.15, 0.2) is 0 Å². The maximum atomic E-state index is 14.4. The molecule has 11 heteroatoms. The van der Waals surface area contributed by atoms with Gasteiger partial charge < -0.3 is 5.32 Å². The molecule has 0 saturated heterocycles. The van der Waals surface area contributed by atoms with Gasteiger partial charge in [-0.3, -0.25) is 4.79 Å². The van der Waals surface area contributed by atoms with Crippen LogP contribution in [0.25, 0.3) is 0 Å². The zero-order valence-corrected chi connectivity index (χ0v) is 19.7. The van der Waals surface area contributed by atoms with Crippen LogP contribution < -0.4 is 5.32 Å². The Bertz CT molecular complexity index is 1220. The number of carbonyl (C=O) groups excluding carboxylic acids is 1. The molecule has 170 valence electrons. The first-order valence-electron chi connectivity index (χ1n) is 9.74. The number of nitrogens with one attached hydrogen (secondary N) is 1. The van der Waals surface area contributed by atoms with Gasteiger partial charge in [-0.2, -0.15) is 9.40 Å². The predicted octanol–water partition coefficient (Wildman–Crippen LogP) is 4.66. The van der Waals surface area contributed by atoms with E-state index in [2.05, 4.69) is 10.4 Å². The van der Waals surface area contributed by atoms with Crippen molar-refractivity contribution in [3.05, 3.63) is 75.7 Å². The fourth-order valence-corrected chi connectivity index (χ4v) is 5.13. The van der Waals surface area contributed by atoms with Crippen LogP contribution in [0.3, 0.4) is 0 Å². The van der Waals surface area contributed by atoms with E-state index in [0.29, 0.717) is 15.6 Å². The highest BCUT2D eigenvalue weighted by Gasteiger charge is 2.24. The summed E-state index contributed by atoms with van der Waals surface area (Å²) in [7, 11) is -3.85. The topological polar surface area (TPSA) is 84.3 Å². The fourth-order valence-electron chi connectivity index (χ4n) is 3.13. The van der Waals surface area contributed by atoms with E-state index in [-0.39, 0.29) is 30.3 Å². The normalized spacial score (nSPS) is 11.7. The molecule has 0 saturated carbocycles. The van der Waals surface area contributed by atoms with Gasteiger partial charge in [-0.05, 0) is 30.3 Å². The third-order valence-corrected chi connectivity index (χ3v) is 7.61. The molecule has 3 aromatic rings. The van der Waals surface area contributed by atoms with Crippen LogP contribution in [-0.4, -0.2) is 41.5 Å². The molecule has 7 nitrogen and oxygen atoms in total. The van der Waals surface area contributed by atoms with E-state index in [1.54, 1.807) is 32.0 Å². The molecule has 0 atom stereocenters. The molecule has 0 bridgehead atoms. The Labute approximate surface area is 195 Å². The summed E-state index contributed by atoms with van der Waals surface area (Å²) in [5, 5.41) is 7.59. The van der Waals surface area contributed by atoms with Crippen molar-refractivity contribution in [3.8, 4) is 0 Å². The molecular formula is C21H21Cl2FN4O3S. The number of amides is 1. The molecule has 0 spiro atoms. The van der Waals surface area contributed by atoms with E-state index >= 15 is 0 Å². The van der Waals surface area contributed by atoms with E-state index in [0.717, 1.165) is 18.2 Å². The first-order chi connectivity index (χ1) is 15.2. The minimum Gasteiger partial charge on any atom is -0.307 e. The summed E-state index contributed by atoms with van der Waals surface area (Å²) in [5.74, 6) is -1.39. The number of halogens is 3. The standard InChI is InChI=1S/C21H21Cl2FN4O3S/c1-3-27(4-2)32(30,31)14-8-9-19(24)15(12-14)21(29)26-20-10-11-25-28(20)13-16-17(22)6-5-7-18(16)23/h5-12H,3-4,13H2,1-2H3,(H,26,29). The lowest BCUT2D eigenvalue weighted by Gasteiger charge is -2.19. The molecule has 32 heavy (non-hydrogen) atoms. The molecule has 0 aliphatic heterocycles. The van der Waals surface area contributed by atoms with Gasteiger partial charge in [0.2, 0.25) is 10.0 Å². The van der Waals surface area contributed by atoms with Crippen molar-refractivity contribution in [2.75, 3.05) is 18.4 Å². The highest BCUT2D eigenvalue weighted by Crippen LogP contribution is 2.26.